The first-order valence-corrected chi connectivity index (χ1v) is 8.04. The minimum atomic E-state index is -0.443. The molecule has 0 aromatic carbocycles. The summed E-state index contributed by atoms with van der Waals surface area (Å²) in [7, 11) is 0. The molecule has 1 aliphatic rings. The molecule has 23 heavy (non-hydrogen) atoms. The Bertz CT molecular complexity index is 551. The molecule has 1 aromatic rings. The van der Waals surface area contributed by atoms with E-state index in [1.165, 1.54) is 44.3 Å². The summed E-state index contributed by atoms with van der Waals surface area (Å²) in [6.07, 6.45) is 11.4. The summed E-state index contributed by atoms with van der Waals surface area (Å²) in [5, 5.41) is 6.99. The van der Waals surface area contributed by atoms with E-state index in [9.17, 15) is 9.59 Å². The Labute approximate surface area is 136 Å². The third-order valence-corrected chi connectivity index (χ3v) is 3.78. The van der Waals surface area contributed by atoms with Crippen LogP contribution in [0.5, 0.6) is 0 Å². The zero-order chi connectivity index (χ0) is 16.5. The second-order valence-electron chi connectivity index (χ2n) is 5.81. The van der Waals surface area contributed by atoms with Gasteiger partial charge >= 0.3 is 0 Å². The van der Waals surface area contributed by atoms with Crippen molar-refractivity contribution >= 4 is 17.5 Å². The largest absolute Gasteiger partial charge is 0.353 e. The van der Waals surface area contributed by atoms with E-state index in [4.69, 9.17) is 0 Å². The molecule has 0 saturated heterocycles. The van der Waals surface area contributed by atoms with Crippen LogP contribution >= 0.6 is 0 Å². The zero-order valence-electron chi connectivity index (χ0n) is 13.4. The van der Waals surface area contributed by atoms with Gasteiger partial charge in [-0.15, -0.1) is 0 Å². The van der Waals surface area contributed by atoms with Crippen molar-refractivity contribution in [2.75, 3.05) is 0 Å². The predicted octanol–water partition coefficient (Wildman–Crippen LogP) is 1.81. The summed E-state index contributed by atoms with van der Waals surface area (Å²) in [5.74, 6) is -0.492. The molecule has 7 nitrogen and oxygen atoms in total. The monoisotopic (exact) mass is 317 g/mol. The van der Waals surface area contributed by atoms with E-state index in [0.29, 0.717) is 5.71 Å². The number of rotatable bonds is 5. The van der Waals surface area contributed by atoms with Crippen molar-refractivity contribution in [1.29, 1.82) is 0 Å². The van der Waals surface area contributed by atoms with Gasteiger partial charge in [0.2, 0.25) is 5.91 Å². The lowest BCUT2D eigenvalue weighted by molar-refractivity contribution is -0.120. The minimum Gasteiger partial charge on any atom is -0.353 e. The second-order valence-corrected chi connectivity index (χ2v) is 5.81. The smallest absolute Gasteiger partial charge is 0.291 e. The van der Waals surface area contributed by atoms with E-state index in [2.05, 4.69) is 25.8 Å². The highest BCUT2D eigenvalue weighted by Gasteiger charge is 2.15. The molecule has 2 N–H and O–H groups in total. The van der Waals surface area contributed by atoms with Crippen molar-refractivity contribution < 1.29 is 9.59 Å². The van der Waals surface area contributed by atoms with Gasteiger partial charge in [-0.05, 0) is 19.8 Å². The van der Waals surface area contributed by atoms with Crippen LogP contribution in [-0.4, -0.2) is 33.5 Å². The lowest BCUT2D eigenvalue weighted by Gasteiger charge is -2.16. The van der Waals surface area contributed by atoms with Crippen molar-refractivity contribution in [1.82, 2.24) is 20.7 Å². The molecule has 1 fully saturated rings. The van der Waals surface area contributed by atoms with Gasteiger partial charge in [0.15, 0.2) is 0 Å². The maximum absolute atomic E-state index is 12.0. The third kappa shape index (κ3) is 6.14. The molecule has 2 amide bonds. The standard InChI is InChI=1S/C16H23N5O2/c1-12(20-21-16(23)14-11-17-8-9-18-14)10-15(22)19-13-6-4-2-3-5-7-13/h8-9,11,13H,2-7,10H2,1H3,(H,19,22)(H,21,23)/b20-12+. The Morgan fingerprint density at radius 2 is 1.96 bits per heavy atom. The summed E-state index contributed by atoms with van der Waals surface area (Å²) in [6.45, 7) is 1.71. The molecule has 0 aliphatic heterocycles. The molecule has 0 bridgehead atoms. The van der Waals surface area contributed by atoms with E-state index < -0.39 is 5.91 Å². The highest BCUT2D eigenvalue weighted by molar-refractivity contribution is 6.00. The van der Waals surface area contributed by atoms with Crippen molar-refractivity contribution in [2.45, 2.75) is 57.9 Å². The summed E-state index contributed by atoms with van der Waals surface area (Å²) in [4.78, 5) is 31.5. The van der Waals surface area contributed by atoms with Gasteiger partial charge in [-0.1, -0.05) is 25.7 Å². The lowest BCUT2D eigenvalue weighted by Crippen LogP contribution is -2.35. The average molecular weight is 317 g/mol. The quantitative estimate of drug-likeness (QED) is 0.492. The fourth-order valence-corrected chi connectivity index (χ4v) is 2.59. The summed E-state index contributed by atoms with van der Waals surface area (Å²) in [6, 6.07) is 0.270. The molecule has 1 aromatic heterocycles. The molecule has 0 atom stereocenters. The maximum Gasteiger partial charge on any atom is 0.291 e. The van der Waals surface area contributed by atoms with E-state index in [1.54, 1.807) is 6.92 Å². The first kappa shape index (κ1) is 17.1. The second kappa shape index (κ2) is 8.97. The topological polar surface area (TPSA) is 96.3 Å². The molecule has 0 spiro atoms. The third-order valence-electron chi connectivity index (χ3n) is 3.78. The van der Waals surface area contributed by atoms with Crippen LogP contribution in [0.25, 0.3) is 0 Å². The van der Waals surface area contributed by atoms with Crippen LogP contribution in [0.2, 0.25) is 0 Å². The van der Waals surface area contributed by atoms with Crippen molar-refractivity contribution in [2.24, 2.45) is 5.10 Å². The van der Waals surface area contributed by atoms with E-state index in [-0.39, 0.29) is 24.1 Å². The molecule has 124 valence electrons. The van der Waals surface area contributed by atoms with Gasteiger partial charge < -0.3 is 5.32 Å². The first-order chi connectivity index (χ1) is 11.1. The fraction of sp³-hybridized carbons (Fsp3) is 0.562. The predicted molar refractivity (Wildman–Crippen MR) is 86.9 cm³/mol. The molecule has 1 saturated carbocycles. The molecule has 1 heterocycles. The molecule has 0 radical (unpaired) electrons. The highest BCUT2D eigenvalue weighted by atomic mass is 16.2. The normalized spacial score (nSPS) is 16.5. The highest BCUT2D eigenvalue weighted by Crippen LogP contribution is 2.17. The van der Waals surface area contributed by atoms with Crippen LogP contribution in [-0.2, 0) is 4.79 Å². The SMILES string of the molecule is C/C(CC(=O)NC1CCCCCC1)=N\NC(=O)c1cnccn1. The zero-order valence-corrected chi connectivity index (χ0v) is 13.4. The average Bonchev–Trinajstić information content (AvgIpc) is 2.82. The van der Waals surface area contributed by atoms with Gasteiger partial charge in [0, 0.05) is 24.1 Å². The van der Waals surface area contributed by atoms with Crippen LogP contribution < -0.4 is 10.7 Å². The molecule has 0 unspecified atom stereocenters. The Hall–Kier alpha value is -2.31. The van der Waals surface area contributed by atoms with Crippen LogP contribution in [0, 0.1) is 0 Å². The van der Waals surface area contributed by atoms with Crippen LogP contribution in [0.1, 0.15) is 62.4 Å². The van der Waals surface area contributed by atoms with E-state index in [1.807, 2.05) is 0 Å². The molecular formula is C16H23N5O2. The van der Waals surface area contributed by atoms with Crippen LogP contribution in [0.15, 0.2) is 23.7 Å². The summed E-state index contributed by atoms with van der Waals surface area (Å²) >= 11 is 0. The Balaban J connectivity index is 1.77. The van der Waals surface area contributed by atoms with Gasteiger partial charge in [-0.3, -0.25) is 14.6 Å². The van der Waals surface area contributed by atoms with Crippen LogP contribution in [0.3, 0.4) is 0 Å². The number of aromatic nitrogens is 2. The first-order valence-electron chi connectivity index (χ1n) is 8.04. The van der Waals surface area contributed by atoms with Crippen molar-refractivity contribution in [3.63, 3.8) is 0 Å². The lowest BCUT2D eigenvalue weighted by atomic mass is 10.1. The molecular weight excluding hydrogens is 294 g/mol. The van der Waals surface area contributed by atoms with Gasteiger partial charge in [0.05, 0.1) is 12.6 Å². The maximum atomic E-state index is 12.0. The van der Waals surface area contributed by atoms with Crippen molar-refractivity contribution in [3.05, 3.63) is 24.3 Å². The number of nitrogens with one attached hydrogen (secondary N) is 2. The number of carbonyl (C=O) groups is 2. The summed E-state index contributed by atoms with van der Waals surface area (Å²) in [5.41, 5.74) is 3.12. The minimum absolute atomic E-state index is 0.0492. The number of hydrogen-bond donors (Lipinski definition) is 2. The number of carbonyl (C=O) groups excluding carboxylic acids is 2. The van der Waals surface area contributed by atoms with E-state index >= 15 is 0 Å². The van der Waals surface area contributed by atoms with Gasteiger partial charge in [-0.25, -0.2) is 10.4 Å². The Morgan fingerprint density at radius 1 is 1.22 bits per heavy atom. The fourth-order valence-electron chi connectivity index (χ4n) is 2.59. The number of hydrazone groups is 1. The molecule has 2 rings (SSSR count). The number of hydrogen-bond acceptors (Lipinski definition) is 5. The van der Waals surface area contributed by atoms with Crippen LogP contribution in [0.4, 0.5) is 0 Å². The molecule has 1 aliphatic carbocycles. The summed E-state index contributed by atoms with van der Waals surface area (Å²) < 4.78 is 0. The Kier molecular flexibility index (Phi) is 6.65. The number of amides is 2. The van der Waals surface area contributed by atoms with Gasteiger partial charge in [-0.2, -0.15) is 5.10 Å². The molecule has 7 heteroatoms. The Morgan fingerprint density at radius 3 is 2.61 bits per heavy atom. The van der Waals surface area contributed by atoms with Crippen molar-refractivity contribution in [3.8, 4) is 0 Å². The van der Waals surface area contributed by atoms with E-state index in [0.717, 1.165) is 12.8 Å². The van der Waals surface area contributed by atoms with Gasteiger partial charge in [0.1, 0.15) is 5.69 Å². The van der Waals surface area contributed by atoms with Gasteiger partial charge in [0.25, 0.3) is 5.91 Å². The number of nitrogens with zero attached hydrogens (tertiary/aromatic N) is 3.